The molecule has 2 nitrogen and oxygen atoms in total. The summed E-state index contributed by atoms with van der Waals surface area (Å²) in [6, 6.07) is 0. The third kappa shape index (κ3) is 8.30. The predicted octanol–water partition coefficient (Wildman–Crippen LogP) is 0.576. The van der Waals surface area contributed by atoms with Crippen LogP contribution in [0.2, 0.25) is 0 Å². The largest absolute Gasteiger partial charge is 0.478 e. The number of hydrogen-bond donors (Lipinski definition) is 1. The lowest BCUT2D eigenvalue weighted by molar-refractivity contribution is -0.858. The Labute approximate surface area is 84.6 Å². The first-order chi connectivity index (χ1) is 5.66. The van der Waals surface area contributed by atoms with E-state index >= 15 is 0 Å². The topological polar surface area (TPSA) is 13.7 Å². The lowest BCUT2D eigenvalue weighted by Crippen LogP contribution is -3.05. The molecule has 1 N–H and O–H groups in total. The maximum atomic E-state index is 5.31. The maximum Gasteiger partial charge on any atom is 0.219 e. The lowest BCUT2D eigenvalue weighted by Gasteiger charge is -2.08. The normalized spacial score (nSPS) is 10.3. The molecule has 72 valence electrons. The Morgan fingerprint density at radius 2 is 2.17 bits per heavy atom. The number of ether oxygens (including phenoxy) is 1. The van der Waals surface area contributed by atoms with Crippen molar-refractivity contribution in [2.75, 3.05) is 33.0 Å². The van der Waals surface area contributed by atoms with Gasteiger partial charge in [-0.2, -0.15) is 0 Å². The molecule has 0 aliphatic carbocycles. The molecule has 0 aliphatic rings. The standard InChI is InChI=1S/C8H17NOS2/c1-4-12-8(11)10-7-5-6-9(2)3/h4-7H2,1-3H3/p+1. The second-order valence-corrected chi connectivity index (χ2v) is 4.71. The molecule has 0 aromatic heterocycles. The summed E-state index contributed by atoms with van der Waals surface area (Å²) in [5.74, 6) is 0.998. The number of thioether (sulfide) groups is 1. The molecule has 0 aromatic rings. The number of rotatable bonds is 5. The Morgan fingerprint density at radius 1 is 1.50 bits per heavy atom. The van der Waals surface area contributed by atoms with E-state index in [4.69, 9.17) is 17.0 Å². The maximum absolute atomic E-state index is 5.31. The summed E-state index contributed by atoms with van der Waals surface area (Å²) in [6.45, 7) is 3.97. The van der Waals surface area contributed by atoms with E-state index in [1.807, 2.05) is 0 Å². The molecular formula is C8H18NOS2+. The highest BCUT2D eigenvalue weighted by Gasteiger charge is 1.97. The lowest BCUT2D eigenvalue weighted by atomic mass is 10.4. The van der Waals surface area contributed by atoms with Crippen LogP contribution in [-0.2, 0) is 4.74 Å². The Balaban J connectivity index is 3.14. The average Bonchev–Trinajstić information content (AvgIpc) is 1.98. The minimum Gasteiger partial charge on any atom is -0.478 e. The number of hydrogen-bond acceptors (Lipinski definition) is 3. The van der Waals surface area contributed by atoms with Gasteiger partial charge in [-0.15, -0.1) is 0 Å². The zero-order chi connectivity index (χ0) is 9.40. The Kier molecular flexibility index (Phi) is 7.96. The zero-order valence-electron chi connectivity index (χ0n) is 8.05. The molecule has 0 bridgehead atoms. The van der Waals surface area contributed by atoms with Gasteiger partial charge in [0.1, 0.15) is 0 Å². The molecule has 0 rings (SSSR count). The van der Waals surface area contributed by atoms with Crippen LogP contribution >= 0.6 is 24.0 Å². The van der Waals surface area contributed by atoms with Crippen LogP contribution < -0.4 is 4.90 Å². The molecule has 0 amide bonds. The van der Waals surface area contributed by atoms with Gasteiger partial charge in [0, 0.05) is 6.42 Å². The quantitative estimate of drug-likeness (QED) is 0.525. The van der Waals surface area contributed by atoms with Gasteiger partial charge < -0.3 is 9.64 Å². The van der Waals surface area contributed by atoms with Crippen LogP contribution in [0.15, 0.2) is 0 Å². The van der Waals surface area contributed by atoms with E-state index in [0.29, 0.717) is 4.38 Å². The summed E-state index contributed by atoms with van der Waals surface area (Å²) in [5.41, 5.74) is 0. The van der Waals surface area contributed by atoms with Crippen molar-refractivity contribution in [1.82, 2.24) is 0 Å². The first-order valence-corrected chi connectivity index (χ1v) is 5.64. The molecule has 0 atom stereocenters. The van der Waals surface area contributed by atoms with Gasteiger partial charge in [-0.05, 0) is 18.0 Å². The highest BCUT2D eigenvalue weighted by Crippen LogP contribution is 2.04. The van der Waals surface area contributed by atoms with E-state index < -0.39 is 0 Å². The Morgan fingerprint density at radius 3 is 2.67 bits per heavy atom. The number of nitrogens with one attached hydrogen (secondary N) is 1. The highest BCUT2D eigenvalue weighted by molar-refractivity contribution is 8.22. The number of quaternary nitrogens is 1. The van der Waals surface area contributed by atoms with Gasteiger partial charge in [0.25, 0.3) is 0 Å². The van der Waals surface area contributed by atoms with Crippen LogP contribution in [0.1, 0.15) is 13.3 Å². The number of thiocarbonyl (C=S) groups is 1. The Bertz CT molecular complexity index is 128. The highest BCUT2D eigenvalue weighted by atomic mass is 32.2. The second kappa shape index (κ2) is 7.83. The van der Waals surface area contributed by atoms with Crippen LogP contribution in [0.4, 0.5) is 0 Å². The molecule has 12 heavy (non-hydrogen) atoms. The van der Waals surface area contributed by atoms with Crippen molar-refractivity contribution in [2.24, 2.45) is 0 Å². The summed E-state index contributed by atoms with van der Waals surface area (Å²) in [4.78, 5) is 1.45. The third-order valence-electron chi connectivity index (χ3n) is 1.30. The first kappa shape index (κ1) is 12.2. The van der Waals surface area contributed by atoms with Gasteiger partial charge in [0.05, 0.1) is 27.2 Å². The molecule has 0 unspecified atom stereocenters. The van der Waals surface area contributed by atoms with E-state index in [1.54, 1.807) is 11.8 Å². The average molecular weight is 208 g/mol. The van der Waals surface area contributed by atoms with Crippen molar-refractivity contribution < 1.29 is 9.64 Å². The van der Waals surface area contributed by atoms with Crippen molar-refractivity contribution in [3.63, 3.8) is 0 Å². The molecule has 0 spiro atoms. The van der Waals surface area contributed by atoms with Crippen molar-refractivity contribution in [3.8, 4) is 0 Å². The molecule has 0 radical (unpaired) electrons. The van der Waals surface area contributed by atoms with Crippen LogP contribution in [0.5, 0.6) is 0 Å². The first-order valence-electron chi connectivity index (χ1n) is 4.25. The van der Waals surface area contributed by atoms with Gasteiger partial charge >= 0.3 is 0 Å². The summed E-state index contributed by atoms with van der Waals surface area (Å²) in [6.07, 6.45) is 1.08. The Hall–Kier alpha value is 0.200. The molecular weight excluding hydrogens is 190 g/mol. The molecule has 0 heterocycles. The van der Waals surface area contributed by atoms with Crippen molar-refractivity contribution >= 4 is 28.4 Å². The van der Waals surface area contributed by atoms with Gasteiger partial charge in [-0.25, -0.2) is 0 Å². The molecule has 0 saturated heterocycles. The molecule has 0 aromatic carbocycles. The second-order valence-electron chi connectivity index (χ2n) is 2.84. The van der Waals surface area contributed by atoms with Crippen molar-refractivity contribution in [3.05, 3.63) is 0 Å². The van der Waals surface area contributed by atoms with E-state index in [0.717, 1.165) is 25.3 Å². The molecule has 4 heteroatoms. The van der Waals surface area contributed by atoms with Crippen LogP contribution in [0.3, 0.4) is 0 Å². The van der Waals surface area contributed by atoms with Crippen LogP contribution in [0, 0.1) is 0 Å². The third-order valence-corrected chi connectivity index (χ3v) is 2.42. The summed E-state index contributed by atoms with van der Waals surface area (Å²) in [5, 5.41) is 0. The molecule has 0 saturated carbocycles. The zero-order valence-corrected chi connectivity index (χ0v) is 9.69. The fraction of sp³-hybridized carbons (Fsp3) is 0.875. The van der Waals surface area contributed by atoms with Gasteiger partial charge in [-0.3, -0.25) is 0 Å². The summed E-state index contributed by atoms with van der Waals surface area (Å²) in [7, 11) is 4.28. The minimum atomic E-state index is 0.686. The van der Waals surface area contributed by atoms with Gasteiger partial charge in [-0.1, -0.05) is 18.7 Å². The fourth-order valence-corrected chi connectivity index (χ4v) is 1.58. The van der Waals surface area contributed by atoms with Crippen molar-refractivity contribution in [2.45, 2.75) is 13.3 Å². The van der Waals surface area contributed by atoms with E-state index in [1.165, 1.54) is 4.90 Å². The van der Waals surface area contributed by atoms with E-state index in [-0.39, 0.29) is 0 Å². The smallest absolute Gasteiger partial charge is 0.219 e. The molecule has 0 fully saturated rings. The molecule has 0 aliphatic heterocycles. The minimum absolute atomic E-state index is 0.686. The van der Waals surface area contributed by atoms with Gasteiger partial charge in [0.2, 0.25) is 4.38 Å². The van der Waals surface area contributed by atoms with E-state index in [9.17, 15) is 0 Å². The van der Waals surface area contributed by atoms with Gasteiger partial charge in [0.15, 0.2) is 0 Å². The van der Waals surface area contributed by atoms with Crippen LogP contribution in [-0.4, -0.2) is 37.4 Å². The van der Waals surface area contributed by atoms with E-state index in [2.05, 4.69) is 21.0 Å². The van der Waals surface area contributed by atoms with Crippen molar-refractivity contribution in [1.29, 1.82) is 0 Å². The monoisotopic (exact) mass is 208 g/mol. The summed E-state index contributed by atoms with van der Waals surface area (Å²) >= 11 is 6.56. The fourth-order valence-electron chi connectivity index (χ4n) is 0.741. The summed E-state index contributed by atoms with van der Waals surface area (Å²) < 4.78 is 6.00. The predicted molar refractivity (Wildman–Crippen MR) is 59.0 cm³/mol. The SMILES string of the molecule is CCSC(=S)OCCC[NH+](C)C. The van der Waals surface area contributed by atoms with Crippen LogP contribution in [0.25, 0.3) is 0 Å².